The molecule has 0 fully saturated rings. The largest absolute Gasteiger partial charge is 0.388 e. The lowest BCUT2D eigenvalue weighted by Crippen LogP contribution is -2.07. The lowest BCUT2D eigenvalue weighted by atomic mass is 10.1. The van der Waals surface area contributed by atoms with Crippen LogP contribution < -0.4 is 0 Å². The van der Waals surface area contributed by atoms with Gasteiger partial charge in [-0.2, -0.15) is 5.10 Å². The van der Waals surface area contributed by atoms with Gasteiger partial charge in [0.15, 0.2) is 0 Å². The van der Waals surface area contributed by atoms with E-state index in [1.54, 1.807) is 18.3 Å². The van der Waals surface area contributed by atoms with E-state index in [1.165, 1.54) is 0 Å². The molecule has 0 aliphatic rings. The summed E-state index contributed by atoms with van der Waals surface area (Å²) >= 11 is 5.72. The van der Waals surface area contributed by atoms with Crippen LogP contribution in [0.2, 0.25) is 5.15 Å². The maximum absolute atomic E-state index is 10.1. The van der Waals surface area contributed by atoms with E-state index in [9.17, 15) is 5.11 Å². The van der Waals surface area contributed by atoms with Gasteiger partial charge in [0, 0.05) is 24.9 Å². The van der Waals surface area contributed by atoms with E-state index < -0.39 is 6.10 Å². The molecule has 102 valence electrons. The summed E-state index contributed by atoms with van der Waals surface area (Å²) in [7, 11) is 0. The van der Waals surface area contributed by atoms with Gasteiger partial charge in [-0.1, -0.05) is 24.6 Å². The van der Waals surface area contributed by atoms with Gasteiger partial charge in [0.2, 0.25) is 0 Å². The molecule has 5 heteroatoms. The Morgan fingerprint density at radius 3 is 2.79 bits per heavy atom. The summed E-state index contributed by atoms with van der Waals surface area (Å²) in [6.45, 7) is 4.25. The van der Waals surface area contributed by atoms with E-state index in [2.05, 4.69) is 23.9 Å². The average molecular weight is 280 g/mol. The van der Waals surface area contributed by atoms with E-state index in [0.717, 1.165) is 17.7 Å². The number of hydrogen-bond acceptors (Lipinski definition) is 3. The van der Waals surface area contributed by atoms with E-state index in [0.29, 0.717) is 17.6 Å². The Morgan fingerprint density at radius 2 is 2.16 bits per heavy atom. The van der Waals surface area contributed by atoms with Crippen molar-refractivity contribution in [1.29, 1.82) is 0 Å². The van der Waals surface area contributed by atoms with Crippen molar-refractivity contribution in [1.82, 2.24) is 14.8 Å². The number of aliphatic hydroxyl groups excluding tert-OH is 1. The Bertz CT molecular complexity index is 524. The highest BCUT2D eigenvalue weighted by Gasteiger charge is 2.12. The zero-order valence-electron chi connectivity index (χ0n) is 11.1. The highest BCUT2D eigenvalue weighted by Crippen LogP contribution is 2.19. The second-order valence-electron chi connectivity index (χ2n) is 4.68. The number of aliphatic hydroxyl groups is 1. The molecular weight excluding hydrogens is 262 g/mol. The van der Waals surface area contributed by atoms with E-state index in [1.807, 2.05) is 16.9 Å². The quantitative estimate of drug-likeness (QED) is 0.855. The van der Waals surface area contributed by atoms with Crippen molar-refractivity contribution in [2.24, 2.45) is 0 Å². The molecule has 1 N–H and O–H groups in total. The van der Waals surface area contributed by atoms with Crippen LogP contribution in [-0.2, 0) is 6.42 Å². The molecule has 19 heavy (non-hydrogen) atoms. The molecule has 2 unspecified atom stereocenters. The highest BCUT2D eigenvalue weighted by atomic mass is 35.5. The summed E-state index contributed by atoms with van der Waals surface area (Å²) in [5.41, 5.74) is 1.63. The van der Waals surface area contributed by atoms with Crippen LogP contribution >= 0.6 is 11.6 Å². The van der Waals surface area contributed by atoms with Crippen LogP contribution in [0, 0.1) is 0 Å². The van der Waals surface area contributed by atoms with Gasteiger partial charge in [0.1, 0.15) is 5.15 Å². The zero-order chi connectivity index (χ0) is 13.8. The fraction of sp³-hybridized carbons (Fsp3) is 0.429. The third-order valence-corrected chi connectivity index (χ3v) is 3.47. The molecular formula is C14H18ClN3O. The smallest absolute Gasteiger partial charge is 0.129 e. The average Bonchev–Trinajstić information content (AvgIpc) is 2.87. The first kappa shape index (κ1) is 14.0. The standard InChI is InChI=1S/C14H18ClN3O/c1-3-10(2)18-7-6-12(17-18)8-13(19)11-4-5-14(15)16-9-11/h4-7,9-10,13,19H,3,8H2,1-2H3. The molecule has 0 radical (unpaired) electrons. The third-order valence-electron chi connectivity index (χ3n) is 3.24. The van der Waals surface area contributed by atoms with Crippen LogP contribution in [0.5, 0.6) is 0 Å². The Hall–Kier alpha value is -1.39. The van der Waals surface area contributed by atoms with Crippen LogP contribution in [0.3, 0.4) is 0 Å². The van der Waals surface area contributed by atoms with Gasteiger partial charge in [0.25, 0.3) is 0 Å². The van der Waals surface area contributed by atoms with Crippen molar-refractivity contribution >= 4 is 11.6 Å². The van der Waals surface area contributed by atoms with Crippen molar-refractivity contribution in [2.45, 2.75) is 38.8 Å². The van der Waals surface area contributed by atoms with Gasteiger partial charge in [0.05, 0.1) is 11.8 Å². The summed E-state index contributed by atoms with van der Waals surface area (Å²) < 4.78 is 1.93. The van der Waals surface area contributed by atoms with Crippen LogP contribution in [0.25, 0.3) is 0 Å². The minimum Gasteiger partial charge on any atom is -0.388 e. The predicted molar refractivity (Wildman–Crippen MR) is 75.1 cm³/mol. The Labute approximate surface area is 118 Å². The molecule has 0 saturated heterocycles. The third kappa shape index (κ3) is 3.55. The fourth-order valence-corrected chi connectivity index (χ4v) is 1.93. The van der Waals surface area contributed by atoms with Crippen LogP contribution in [0.1, 0.15) is 43.7 Å². The van der Waals surface area contributed by atoms with Gasteiger partial charge in [-0.3, -0.25) is 4.68 Å². The number of nitrogens with zero attached hydrogens (tertiary/aromatic N) is 3. The molecule has 0 saturated carbocycles. The van der Waals surface area contributed by atoms with Gasteiger partial charge < -0.3 is 5.11 Å². The molecule has 2 heterocycles. The number of halogens is 1. The molecule has 2 rings (SSSR count). The fourth-order valence-electron chi connectivity index (χ4n) is 1.82. The molecule has 0 spiro atoms. The summed E-state index contributed by atoms with van der Waals surface area (Å²) in [5, 5.41) is 15.0. The number of aromatic nitrogens is 3. The van der Waals surface area contributed by atoms with E-state index in [-0.39, 0.29) is 0 Å². The van der Waals surface area contributed by atoms with Gasteiger partial charge in [-0.05, 0) is 31.0 Å². The maximum Gasteiger partial charge on any atom is 0.129 e. The van der Waals surface area contributed by atoms with Crippen molar-refractivity contribution < 1.29 is 5.11 Å². The summed E-state index contributed by atoms with van der Waals surface area (Å²) in [6, 6.07) is 5.78. The lowest BCUT2D eigenvalue weighted by molar-refractivity contribution is 0.176. The van der Waals surface area contributed by atoms with Crippen LogP contribution in [-0.4, -0.2) is 19.9 Å². The van der Waals surface area contributed by atoms with Crippen LogP contribution in [0.15, 0.2) is 30.6 Å². The Balaban J connectivity index is 2.04. The summed E-state index contributed by atoms with van der Waals surface area (Å²) in [6.07, 6.45) is 4.46. The molecule has 0 bridgehead atoms. The second-order valence-corrected chi connectivity index (χ2v) is 5.07. The number of rotatable bonds is 5. The topological polar surface area (TPSA) is 50.9 Å². The minimum absolute atomic E-state index is 0.378. The molecule has 2 atom stereocenters. The van der Waals surface area contributed by atoms with Gasteiger partial charge >= 0.3 is 0 Å². The van der Waals surface area contributed by atoms with E-state index >= 15 is 0 Å². The number of pyridine rings is 1. The molecule has 2 aromatic heterocycles. The molecule has 2 aromatic rings. The first-order chi connectivity index (χ1) is 9.10. The Kier molecular flexibility index (Phi) is 4.56. The monoisotopic (exact) mass is 279 g/mol. The van der Waals surface area contributed by atoms with Gasteiger partial charge in [-0.15, -0.1) is 0 Å². The maximum atomic E-state index is 10.1. The first-order valence-electron chi connectivity index (χ1n) is 6.43. The Morgan fingerprint density at radius 1 is 1.37 bits per heavy atom. The van der Waals surface area contributed by atoms with E-state index in [4.69, 9.17) is 11.6 Å². The molecule has 0 aromatic carbocycles. The second kappa shape index (κ2) is 6.17. The zero-order valence-corrected chi connectivity index (χ0v) is 11.9. The van der Waals surface area contributed by atoms with Crippen molar-refractivity contribution in [3.8, 4) is 0 Å². The minimum atomic E-state index is -0.606. The summed E-state index contributed by atoms with van der Waals surface area (Å²) in [5.74, 6) is 0. The summed E-state index contributed by atoms with van der Waals surface area (Å²) in [4.78, 5) is 3.97. The molecule has 4 nitrogen and oxygen atoms in total. The SMILES string of the molecule is CCC(C)n1ccc(CC(O)c2ccc(Cl)nc2)n1. The van der Waals surface area contributed by atoms with Crippen molar-refractivity contribution in [3.63, 3.8) is 0 Å². The molecule has 0 aliphatic carbocycles. The van der Waals surface area contributed by atoms with Crippen LogP contribution in [0.4, 0.5) is 0 Å². The van der Waals surface area contributed by atoms with Crippen molar-refractivity contribution in [3.05, 3.63) is 47.0 Å². The van der Waals surface area contributed by atoms with Gasteiger partial charge in [-0.25, -0.2) is 4.98 Å². The molecule has 0 amide bonds. The predicted octanol–water partition coefficient (Wildman–Crippen LogP) is 3.18. The number of hydrogen-bond donors (Lipinski definition) is 1. The molecule has 0 aliphatic heterocycles. The highest BCUT2D eigenvalue weighted by molar-refractivity contribution is 6.29. The lowest BCUT2D eigenvalue weighted by Gasteiger charge is -2.10. The van der Waals surface area contributed by atoms with Crippen molar-refractivity contribution in [2.75, 3.05) is 0 Å². The first-order valence-corrected chi connectivity index (χ1v) is 6.81. The normalized spacial score (nSPS) is 14.3.